The molecule has 0 N–H and O–H groups in total. The van der Waals surface area contributed by atoms with Crippen molar-refractivity contribution in [3.63, 3.8) is 0 Å². The van der Waals surface area contributed by atoms with Crippen LogP contribution in [0.4, 0.5) is 0 Å². The van der Waals surface area contributed by atoms with E-state index in [1.807, 2.05) is 35.0 Å². The first kappa shape index (κ1) is 20.9. The van der Waals surface area contributed by atoms with Crippen LogP contribution in [-0.4, -0.2) is 66.4 Å². The van der Waals surface area contributed by atoms with Gasteiger partial charge in [-0.15, -0.1) is 10.2 Å². The zero-order chi connectivity index (χ0) is 22.3. The van der Waals surface area contributed by atoms with Crippen LogP contribution in [0, 0.1) is 19.3 Å². The fourth-order valence-corrected chi connectivity index (χ4v) is 5.47. The summed E-state index contributed by atoms with van der Waals surface area (Å²) >= 11 is 0. The summed E-state index contributed by atoms with van der Waals surface area (Å²) < 4.78 is 3.97. The van der Waals surface area contributed by atoms with Crippen LogP contribution in [0.1, 0.15) is 35.1 Å². The van der Waals surface area contributed by atoms with E-state index < -0.39 is 0 Å². The molecule has 32 heavy (non-hydrogen) atoms. The largest absolute Gasteiger partial charge is 0.341 e. The van der Waals surface area contributed by atoms with Crippen molar-refractivity contribution < 1.29 is 4.79 Å². The summed E-state index contributed by atoms with van der Waals surface area (Å²) in [6, 6.07) is 12.6. The molecular formula is C24H31N7O. The zero-order valence-electron chi connectivity index (χ0n) is 19.1. The molecule has 2 aromatic heterocycles. The predicted molar refractivity (Wildman–Crippen MR) is 121 cm³/mol. The Kier molecular flexibility index (Phi) is 5.33. The van der Waals surface area contributed by atoms with E-state index in [4.69, 9.17) is 0 Å². The van der Waals surface area contributed by atoms with E-state index in [1.54, 1.807) is 6.33 Å². The Morgan fingerprint density at radius 1 is 1.16 bits per heavy atom. The van der Waals surface area contributed by atoms with Crippen LogP contribution in [0.3, 0.4) is 0 Å². The average Bonchev–Trinajstić information content (AvgIpc) is 3.42. The number of amides is 1. The van der Waals surface area contributed by atoms with Gasteiger partial charge >= 0.3 is 0 Å². The van der Waals surface area contributed by atoms with Crippen LogP contribution in [-0.2, 0) is 24.9 Å². The van der Waals surface area contributed by atoms with Gasteiger partial charge in [0.1, 0.15) is 12.2 Å². The van der Waals surface area contributed by atoms with Gasteiger partial charge in [-0.05, 0) is 25.5 Å². The zero-order valence-corrected chi connectivity index (χ0v) is 19.1. The molecule has 8 heteroatoms. The fraction of sp³-hybridized carbons (Fsp3) is 0.500. The fourth-order valence-electron chi connectivity index (χ4n) is 5.47. The van der Waals surface area contributed by atoms with Crippen LogP contribution in [0.15, 0.2) is 42.7 Å². The van der Waals surface area contributed by atoms with Gasteiger partial charge in [-0.3, -0.25) is 14.4 Å². The summed E-state index contributed by atoms with van der Waals surface area (Å²) in [5.41, 5.74) is 3.46. The van der Waals surface area contributed by atoms with Crippen molar-refractivity contribution >= 4 is 5.91 Å². The number of nitrogens with zero attached hydrogens (tertiary/aromatic N) is 7. The standard InChI is InChI=1S/C24H31N7O/c1-18-11-19(2)31(27-18)10-9-22(32)30-15-24(16-30)14-29(12-20-7-5-4-6-8-20)13-21(24)23-26-25-17-28(23)3/h4-8,11,17,21H,9-10,12-16H2,1-3H3. The van der Waals surface area contributed by atoms with Crippen LogP contribution in [0.25, 0.3) is 0 Å². The van der Waals surface area contributed by atoms with Crippen molar-refractivity contribution in [3.05, 3.63) is 65.5 Å². The Morgan fingerprint density at radius 3 is 2.59 bits per heavy atom. The number of aryl methyl sites for hydroxylation is 4. The van der Waals surface area contributed by atoms with Crippen LogP contribution >= 0.6 is 0 Å². The molecule has 2 aliphatic rings. The molecule has 0 bridgehead atoms. The molecule has 1 atom stereocenters. The van der Waals surface area contributed by atoms with E-state index in [1.165, 1.54) is 5.56 Å². The minimum Gasteiger partial charge on any atom is -0.341 e. The maximum absolute atomic E-state index is 12.9. The third-order valence-electron chi connectivity index (χ3n) is 7.03. The summed E-state index contributed by atoms with van der Waals surface area (Å²) in [7, 11) is 2.01. The molecule has 8 nitrogen and oxygen atoms in total. The van der Waals surface area contributed by atoms with Gasteiger partial charge in [-0.2, -0.15) is 5.10 Å². The predicted octanol–water partition coefficient (Wildman–Crippen LogP) is 2.15. The van der Waals surface area contributed by atoms with E-state index in [2.05, 4.69) is 56.6 Å². The highest BCUT2D eigenvalue weighted by atomic mass is 16.2. The number of aromatic nitrogens is 5. The van der Waals surface area contributed by atoms with E-state index in [0.717, 1.165) is 49.9 Å². The summed E-state index contributed by atoms with van der Waals surface area (Å²) in [6.45, 7) is 9.05. The van der Waals surface area contributed by atoms with Gasteiger partial charge in [0.25, 0.3) is 0 Å². The topological polar surface area (TPSA) is 72.1 Å². The van der Waals surface area contributed by atoms with E-state index >= 15 is 0 Å². The van der Waals surface area contributed by atoms with Crippen LogP contribution in [0.2, 0.25) is 0 Å². The minimum atomic E-state index is 0.0451. The lowest BCUT2D eigenvalue weighted by Gasteiger charge is -2.50. The van der Waals surface area contributed by atoms with Crippen molar-refractivity contribution in [3.8, 4) is 0 Å². The van der Waals surface area contributed by atoms with E-state index in [-0.39, 0.29) is 17.2 Å². The van der Waals surface area contributed by atoms with E-state index in [9.17, 15) is 4.79 Å². The van der Waals surface area contributed by atoms with Gasteiger partial charge in [-0.25, -0.2) is 0 Å². The number of rotatable bonds is 6. The smallest absolute Gasteiger partial charge is 0.224 e. The third-order valence-corrected chi connectivity index (χ3v) is 7.03. The highest BCUT2D eigenvalue weighted by Crippen LogP contribution is 2.49. The number of benzene rings is 1. The number of hydrogen-bond donors (Lipinski definition) is 0. The first-order valence-electron chi connectivity index (χ1n) is 11.3. The Morgan fingerprint density at radius 2 is 1.94 bits per heavy atom. The minimum absolute atomic E-state index is 0.0451. The van der Waals surface area contributed by atoms with Crippen LogP contribution in [0.5, 0.6) is 0 Å². The molecule has 2 aliphatic heterocycles. The van der Waals surface area contributed by atoms with Crippen LogP contribution < -0.4 is 0 Å². The molecule has 1 unspecified atom stereocenters. The Labute approximate surface area is 188 Å². The molecule has 0 aliphatic carbocycles. The van der Waals surface area contributed by atoms with Gasteiger partial charge in [0.15, 0.2) is 0 Å². The molecule has 1 amide bonds. The number of carbonyl (C=O) groups is 1. The number of hydrogen-bond acceptors (Lipinski definition) is 5. The van der Waals surface area contributed by atoms with Crippen molar-refractivity contribution in [2.45, 2.75) is 39.3 Å². The molecule has 5 rings (SSSR count). The van der Waals surface area contributed by atoms with Crippen molar-refractivity contribution in [1.29, 1.82) is 0 Å². The quantitative estimate of drug-likeness (QED) is 0.596. The summed E-state index contributed by atoms with van der Waals surface area (Å²) in [6.07, 6.45) is 2.26. The molecule has 2 saturated heterocycles. The van der Waals surface area contributed by atoms with Crippen molar-refractivity contribution in [2.75, 3.05) is 26.2 Å². The van der Waals surface area contributed by atoms with Gasteiger partial charge < -0.3 is 9.47 Å². The highest BCUT2D eigenvalue weighted by molar-refractivity contribution is 5.77. The monoisotopic (exact) mass is 433 g/mol. The lowest BCUT2D eigenvalue weighted by Crippen LogP contribution is -2.61. The van der Waals surface area contributed by atoms with Gasteiger partial charge in [0.05, 0.1) is 5.69 Å². The highest BCUT2D eigenvalue weighted by Gasteiger charge is 2.56. The maximum atomic E-state index is 12.9. The first-order chi connectivity index (χ1) is 15.4. The van der Waals surface area contributed by atoms with E-state index in [0.29, 0.717) is 13.0 Å². The third kappa shape index (κ3) is 3.83. The summed E-state index contributed by atoms with van der Waals surface area (Å²) in [4.78, 5) is 17.4. The Balaban J connectivity index is 1.27. The molecule has 3 aromatic rings. The van der Waals surface area contributed by atoms with Crippen molar-refractivity contribution in [2.24, 2.45) is 12.5 Å². The molecule has 1 spiro atoms. The Hall–Kier alpha value is -3.00. The second-order valence-corrected chi connectivity index (χ2v) is 9.52. The summed E-state index contributed by atoms with van der Waals surface area (Å²) in [5, 5.41) is 13.1. The number of carbonyl (C=O) groups excluding carboxylic acids is 1. The van der Waals surface area contributed by atoms with Gasteiger partial charge in [0, 0.05) is 69.8 Å². The van der Waals surface area contributed by atoms with Gasteiger partial charge in [-0.1, -0.05) is 30.3 Å². The Bertz CT molecular complexity index is 1100. The average molecular weight is 434 g/mol. The molecule has 4 heterocycles. The molecule has 2 fully saturated rings. The lowest BCUT2D eigenvalue weighted by atomic mass is 9.71. The summed E-state index contributed by atoms with van der Waals surface area (Å²) in [5.74, 6) is 1.51. The SMILES string of the molecule is Cc1cc(C)n(CCC(=O)N2CC3(CN(Cc4ccccc4)CC3c3nncn3C)C2)n1. The number of likely N-dealkylation sites (tertiary alicyclic amines) is 2. The first-order valence-corrected chi connectivity index (χ1v) is 11.3. The molecule has 1 aromatic carbocycles. The second-order valence-electron chi connectivity index (χ2n) is 9.52. The lowest BCUT2D eigenvalue weighted by molar-refractivity contribution is -0.144. The normalized spacial score (nSPS) is 20.1. The molecule has 0 radical (unpaired) electrons. The molecular weight excluding hydrogens is 402 g/mol. The maximum Gasteiger partial charge on any atom is 0.224 e. The van der Waals surface area contributed by atoms with Crippen molar-refractivity contribution in [1.82, 2.24) is 34.3 Å². The second kappa shape index (κ2) is 8.16. The van der Waals surface area contributed by atoms with Gasteiger partial charge in [0.2, 0.25) is 5.91 Å². The molecule has 0 saturated carbocycles. The molecule has 168 valence electrons.